The Morgan fingerprint density at radius 2 is 1.74 bits per heavy atom. The second-order valence-corrected chi connectivity index (χ2v) is 11.5. The molecule has 200 valence electrons. The highest BCUT2D eigenvalue weighted by Crippen LogP contribution is 2.32. The van der Waals surface area contributed by atoms with Crippen molar-refractivity contribution < 1.29 is 18.1 Å². The van der Waals surface area contributed by atoms with Gasteiger partial charge in [0.05, 0.1) is 22.9 Å². The second kappa shape index (κ2) is 10.7. The summed E-state index contributed by atoms with van der Waals surface area (Å²) in [6, 6.07) is 12.1. The van der Waals surface area contributed by atoms with Gasteiger partial charge in [0.2, 0.25) is 15.8 Å². The van der Waals surface area contributed by atoms with E-state index >= 15 is 0 Å². The first-order chi connectivity index (χ1) is 18.3. The molecule has 0 radical (unpaired) electrons. The highest BCUT2D eigenvalue weighted by Gasteiger charge is 2.35. The van der Waals surface area contributed by atoms with Gasteiger partial charge in [-0.25, -0.2) is 8.42 Å². The lowest BCUT2D eigenvalue weighted by atomic mass is 10.2. The minimum absolute atomic E-state index is 0.0780. The molecule has 1 saturated heterocycles. The van der Waals surface area contributed by atoms with Gasteiger partial charge in [-0.2, -0.15) is 14.1 Å². The number of nitrogens with zero attached hydrogens (tertiary/aromatic N) is 5. The number of nitro benzene ring substituents is 1. The standard InChI is InChI=1S/C25H26ClN5O6S/c26-18-6-5-7-19(16-18)30-25(32)24(37-20-8-1-2-9-20)22(17-27-30)28-12-14-29(15-13-28)38(35,36)23-11-4-3-10-21(23)31(33)34/h3-7,10-11,16-17,20H,1-2,8-9,12-15H2. The summed E-state index contributed by atoms with van der Waals surface area (Å²) >= 11 is 6.13. The number of anilines is 1. The third-order valence-corrected chi connectivity index (χ3v) is 8.99. The van der Waals surface area contributed by atoms with Crippen molar-refractivity contribution in [2.45, 2.75) is 36.7 Å². The number of halogens is 1. The number of aromatic nitrogens is 2. The molecule has 2 fully saturated rings. The van der Waals surface area contributed by atoms with Crippen LogP contribution < -0.4 is 15.2 Å². The molecule has 3 aromatic rings. The molecule has 5 rings (SSSR count). The molecule has 0 unspecified atom stereocenters. The van der Waals surface area contributed by atoms with Gasteiger partial charge >= 0.3 is 5.56 Å². The summed E-state index contributed by atoms with van der Waals surface area (Å²) in [4.78, 5) is 25.8. The summed E-state index contributed by atoms with van der Waals surface area (Å²) < 4.78 is 35.2. The monoisotopic (exact) mass is 559 g/mol. The molecule has 2 heterocycles. The van der Waals surface area contributed by atoms with Gasteiger partial charge in [0.15, 0.2) is 4.90 Å². The highest BCUT2D eigenvalue weighted by molar-refractivity contribution is 7.89. The van der Waals surface area contributed by atoms with Crippen LogP contribution in [-0.2, 0) is 10.0 Å². The zero-order chi connectivity index (χ0) is 26.9. The summed E-state index contributed by atoms with van der Waals surface area (Å²) in [5, 5.41) is 16.2. The van der Waals surface area contributed by atoms with E-state index in [0.29, 0.717) is 16.4 Å². The molecule has 0 spiro atoms. The van der Waals surface area contributed by atoms with E-state index in [9.17, 15) is 23.3 Å². The maximum absolute atomic E-state index is 13.6. The molecule has 0 amide bonds. The van der Waals surface area contributed by atoms with E-state index in [2.05, 4.69) is 5.10 Å². The van der Waals surface area contributed by atoms with Gasteiger partial charge in [-0.15, -0.1) is 0 Å². The lowest BCUT2D eigenvalue weighted by Gasteiger charge is -2.35. The number of sulfonamides is 1. The molecule has 2 aromatic carbocycles. The fraction of sp³-hybridized carbons (Fsp3) is 0.360. The Morgan fingerprint density at radius 1 is 1.03 bits per heavy atom. The Balaban J connectivity index is 1.43. The largest absolute Gasteiger partial charge is 0.483 e. The van der Waals surface area contributed by atoms with Gasteiger partial charge in [0, 0.05) is 37.3 Å². The molecule has 1 saturated carbocycles. The molecule has 13 heteroatoms. The van der Waals surface area contributed by atoms with Crippen LogP contribution >= 0.6 is 11.6 Å². The molecular formula is C25H26ClN5O6S. The van der Waals surface area contributed by atoms with Crippen molar-refractivity contribution in [2.24, 2.45) is 0 Å². The lowest BCUT2D eigenvalue weighted by molar-refractivity contribution is -0.387. The van der Waals surface area contributed by atoms with Gasteiger partial charge in [0.1, 0.15) is 5.69 Å². The summed E-state index contributed by atoms with van der Waals surface area (Å²) in [6.07, 6.45) is 5.21. The smallest absolute Gasteiger partial charge is 0.316 e. The number of para-hydroxylation sites is 1. The van der Waals surface area contributed by atoms with Gasteiger partial charge in [0.25, 0.3) is 5.69 Å². The minimum atomic E-state index is -4.09. The van der Waals surface area contributed by atoms with Gasteiger partial charge in [-0.1, -0.05) is 29.8 Å². The Morgan fingerprint density at radius 3 is 2.42 bits per heavy atom. The summed E-state index contributed by atoms with van der Waals surface area (Å²) in [6.45, 7) is 0.662. The maximum Gasteiger partial charge on any atom is 0.316 e. The predicted molar refractivity (Wildman–Crippen MR) is 142 cm³/mol. The predicted octanol–water partition coefficient (Wildman–Crippen LogP) is 3.63. The molecule has 1 aromatic heterocycles. The average Bonchev–Trinajstić information content (AvgIpc) is 3.43. The average molecular weight is 560 g/mol. The SMILES string of the molecule is O=c1c(OC2CCCC2)c(N2CCN(S(=O)(=O)c3ccccc3[N+](=O)[O-])CC2)cnn1-c1cccc(Cl)c1. The zero-order valence-electron chi connectivity index (χ0n) is 20.4. The molecule has 1 aliphatic carbocycles. The first-order valence-electron chi connectivity index (χ1n) is 12.3. The first-order valence-corrected chi connectivity index (χ1v) is 14.1. The van der Waals surface area contributed by atoms with Gasteiger partial charge < -0.3 is 9.64 Å². The van der Waals surface area contributed by atoms with Crippen molar-refractivity contribution in [1.29, 1.82) is 0 Å². The van der Waals surface area contributed by atoms with Crippen LogP contribution in [-0.4, -0.2) is 59.7 Å². The third-order valence-electron chi connectivity index (χ3n) is 6.81. The maximum atomic E-state index is 13.6. The van der Waals surface area contributed by atoms with Crippen molar-refractivity contribution in [2.75, 3.05) is 31.1 Å². The van der Waals surface area contributed by atoms with Crippen LogP contribution in [0.4, 0.5) is 11.4 Å². The van der Waals surface area contributed by atoms with E-state index < -0.39 is 26.2 Å². The van der Waals surface area contributed by atoms with E-state index in [1.54, 1.807) is 30.5 Å². The summed E-state index contributed by atoms with van der Waals surface area (Å²) in [7, 11) is -4.09. The lowest BCUT2D eigenvalue weighted by Crippen LogP contribution is -2.49. The van der Waals surface area contributed by atoms with Crippen molar-refractivity contribution >= 4 is 33.0 Å². The molecule has 0 atom stereocenters. The van der Waals surface area contributed by atoms with Crippen LogP contribution in [0.25, 0.3) is 5.69 Å². The van der Waals surface area contributed by atoms with Crippen molar-refractivity contribution in [3.05, 3.63) is 80.2 Å². The molecule has 11 nitrogen and oxygen atoms in total. The third kappa shape index (κ3) is 5.11. The Labute approximate surface area is 224 Å². The van der Waals surface area contributed by atoms with Crippen molar-refractivity contribution in [3.8, 4) is 11.4 Å². The van der Waals surface area contributed by atoms with Crippen LogP contribution in [0.1, 0.15) is 25.7 Å². The van der Waals surface area contributed by atoms with Gasteiger partial charge in [-0.3, -0.25) is 14.9 Å². The van der Waals surface area contributed by atoms with E-state index in [-0.39, 0.29) is 42.9 Å². The summed E-state index contributed by atoms with van der Waals surface area (Å²) in [5.74, 6) is 0.168. The van der Waals surface area contributed by atoms with E-state index in [1.165, 1.54) is 33.3 Å². The zero-order valence-corrected chi connectivity index (χ0v) is 22.0. The van der Waals surface area contributed by atoms with E-state index in [0.717, 1.165) is 25.7 Å². The van der Waals surface area contributed by atoms with E-state index in [4.69, 9.17) is 16.3 Å². The van der Waals surface area contributed by atoms with Crippen LogP contribution in [0.5, 0.6) is 5.75 Å². The van der Waals surface area contributed by atoms with Crippen LogP contribution in [0.2, 0.25) is 5.02 Å². The van der Waals surface area contributed by atoms with Crippen molar-refractivity contribution in [1.82, 2.24) is 14.1 Å². The summed E-state index contributed by atoms with van der Waals surface area (Å²) in [5.41, 5.74) is 0.108. The number of rotatable bonds is 7. The quantitative estimate of drug-likeness (QED) is 0.317. The Kier molecular flexibility index (Phi) is 7.37. The fourth-order valence-electron chi connectivity index (χ4n) is 4.86. The first kappa shape index (κ1) is 26.1. The highest BCUT2D eigenvalue weighted by atomic mass is 35.5. The topological polar surface area (TPSA) is 128 Å². The Hall–Kier alpha value is -3.48. The number of piperazine rings is 1. The number of hydrogen-bond acceptors (Lipinski definition) is 8. The second-order valence-electron chi connectivity index (χ2n) is 9.20. The van der Waals surface area contributed by atoms with E-state index in [1.807, 2.05) is 4.90 Å². The fourth-order valence-corrected chi connectivity index (χ4v) is 6.63. The molecule has 0 N–H and O–H groups in total. The van der Waals surface area contributed by atoms with Crippen LogP contribution in [0.3, 0.4) is 0 Å². The number of ether oxygens (including phenoxy) is 1. The molecular weight excluding hydrogens is 534 g/mol. The Bertz CT molecular complexity index is 1510. The number of hydrogen-bond donors (Lipinski definition) is 0. The van der Waals surface area contributed by atoms with Crippen LogP contribution in [0, 0.1) is 10.1 Å². The number of benzene rings is 2. The minimum Gasteiger partial charge on any atom is -0.483 e. The molecule has 1 aliphatic heterocycles. The van der Waals surface area contributed by atoms with Crippen molar-refractivity contribution in [3.63, 3.8) is 0 Å². The molecule has 0 bridgehead atoms. The molecule has 38 heavy (non-hydrogen) atoms. The number of nitro groups is 1. The van der Waals surface area contributed by atoms with Gasteiger partial charge in [-0.05, 0) is 49.9 Å². The normalized spacial score (nSPS) is 17.0. The molecule has 2 aliphatic rings. The van der Waals surface area contributed by atoms with Crippen LogP contribution in [0.15, 0.2) is 64.4 Å².